The topological polar surface area (TPSA) is 159 Å². The third kappa shape index (κ3) is 14.4. The van der Waals surface area contributed by atoms with E-state index in [0.29, 0.717) is 30.7 Å². The first-order chi connectivity index (χ1) is 19.5. The maximum atomic E-state index is 12.5. The molecule has 0 aliphatic heterocycles. The smallest absolute Gasteiger partial charge is 0.461 e. The average molecular weight is 598 g/mol. The maximum Gasteiger partial charge on any atom is 0.514 e. The minimum Gasteiger partial charge on any atom is -0.461 e. The molecule has 12 nitrogen and oxygen atoms in total. The molecular formula is C30H47NO11. The highest BCUT2D eigenvalue weighted by Gasteiger charge is 2.27. The van der Waals surface area contributed by atoms with Crippen LogP contribution < -0.4 is 15.2 Å². The van der Waals surface area contributed by atoms with Gasteiger partial charge in [-0.1, -0.05) is 33.8 Å². The molecule has 1 rings (SSSR count). The zero-order chi connectivity index (χ0) is 32.1. The minimum absolute atomic E-state index is 0.00916. The Kier molecular flexibility index (Phi) is 14.6. The average Bonchev–Trinajstić information content (AvgIpc) is 2.87. The molecule has 0 amide bonds. The van der Waals surface area contributed by atoms with Crippen molar-refractivity contribution in [2.45, 2.75) is 111 Å². The van der Waals surface area contributed by atoms with Gasteiger partial charge in [0.2, 0.25) is 0 Å². The molecule has 12 heteroatoms. The molecular weight excluding hydrogens is 550 g/mol. The van der Waals surface area contributed by atoms with Gasteiger partial charge in [0, 0.05) is 0 Å². The molecule has 0 saturated heterocycles. The first-order valence-electron chi connectivity index (χ1n) is 14.2. The summed E-state index contributed by atoms with van der Waals surface area (Å²) >= 11 is 0. The van der Waals surface area contributed by atoms with Crippen molar-refractivity contribution >= 4 is 24.4 Å². The number of esters is 1. The van der Waals surface area contributed by atoms with Gasteiger partial charge in [-0.2, -0.15) is 0 Å². The van der Waals surface area contributed by atoms with Crippen molar-refractivity contribution in [3.05, 3.63) is 23.8 Å². The molecule has 0 aliphatic rings. The Labute approximate surface area is 248 Å². The maximum absolute atomic E-state index is 12.5. The normalized spacial score (nSPS) is 13.0. The highest BCUT2D eigenvalue weighted by atomic mass is 16.8. The number of nitrogens with two attached hydrogens (primary N) is 1. The van der Waals surface area contributed by atoms with Crippen LogP contribution >= 0.6 is 0 Å². The molecule has 1 aromatic carbocycles. The van der Waals surface area contributed by atoms with Crippen LogP contribution in [0, 0.1) is 5.92 Å². The van der Waals surface area contributed by atoms with E-state index in [0.717, 1.165) is 0 Å². The molecule has 1 aromatic rings. The summed E-state index contributed by atoms with van der Waals surface area (Å²) in [6.07, 6.45) is -1.82. The number of ether oxygens (including phenoxy) is 7. The minimum atomic E-state index is -1.10. The van der Waals surface area contributed by atoms with Gasteiger partial charge in [-0.25, -0.2) is 14.4 Å². The lowest BCUT2D eigenvalue weighted by Gasteiger charge is -2.24. The van der Waals surface area contributed by atoms with Crippen LogP contribution in [0.4, 0.5) is 14.4 Å². The van der Waals surface area contributed by atoms with Gasteiger partial charge in [-0.05, 0) is 83.9 Å². The van der Waals surface area contributed by atoms with Crippen molar-refractivity contribution < 1.29 is 52.3 Å². The molecule has 0 spiro atoms. The molecule has 2 atom stereocenters. The number of hydrogen-bond donors (Lipinski definition) is 1. The Morgan fingerprint density at radius 3 is 1.88 bits per heavy atom. The summed E-state index contributed by atoms with van der Waals surface area (Å²) in [4.78, 5) is 49.1. The summed E-state index contributed by atoms with van der Waals surface area (Å²) < 4.78 is 36.6. The first kappa shape index (κ1) is 36.5. The number of carbonyl (C=O) groups excluding carboxylic acids is 4. The van der Waals surface area contributed by atoms with Crippen LogP contribution in [-0.4, -0.2) is 61.0 Å². The van der Waals surface area contributed by atoms with E-state index in [4.69, 9.17) is 38.9 Å². The molecule has 0 fully saturated rings. The van der Waals surface area contributed by atoms with E-state index in [-0.39, 0.29) is 31.1 Å². The van der Waals surface area contributed by atoms with E-state index >= 15 is 0 Å². The molecule has 0 unspecified atom stereocenters. The Hall–Kier alpha value is -3.54. The molecule has 0 saturated carbocycles. The van der Waals surface area contributed by atoms with E-state index < -0.39 is 47.8 Å². The van der Waals surface area contributed by atoms with E-state index in [1.807, 2.05) is 27.7 Å². The van der Waals surface area contributed by atoms with Crippen molar-refractivity contribution in [3.63, 3.8) is 0 Å². The van der Waals surface area contributed by atoms with Crippen LogP contribution in [0.2, 0.25) is 0 Å². The fourth-order valence-electron chi connectivity index (χ4n) is 2.91. The number of rotatable bonds is 15. The monoisotopic (exact) mass is 597 g/mol. The van der Waals surface area contributed by atoms with E-state index in [9.17, 15) is 19.2 Å². The third-order valence-corrected chi connectivity index (χ3v) is 6.25. The molecule has 0 aromatic heterocycles. The van der Waals surface area contributed by atoms with Crippen LogP contribution in [0.1, 0.15) is 87.1 Å². The standard InChI is InChI=1S/C30H47NO11/c1-10-29(6,7)41-27(34)39-23-13-12-21(17-24(23)40-28(35)42-30(8,9)11-2)16-22(31)25(32)37-18-20(5)38-26(33)36-15-14-19(3)4/h12-13,17,19-20,22H,10-11,14-16,18,31H2,1-9H3/t20-,22-/m0/s1. The zero-order valence-electron chi connectivity index (χ0n) is 26.3. The number of hydrogen-bond acceptors (Lipinski definition) is 12. The summed E-state index contributed by atoms with van der Waals surface area (Å²) in [5.41, 5.74) is 4.95. The van der Waals surface area contributed by atoms with Crippen LogP contribution in [0.3, 0.4) is 0 Å². The lowest BCUT2D eigenvalue weighted by Crippen LogP contribution is -2.36. The Balaban J connectivity index is 2.90. The number of benzene rings is 1. The van der Waals surface area contributed by atoms with Gasteiger partial charge in [-0.15, -0.1) is 0 Å². The van der Waals surface area contributed by atoms with Crippen molar-refractivity contribution in [2.24, 2.45) is 11.7 Å². The van der Waals surface area contributed by atoms with Crippen molar-refractivity contribution in [3.8, 4) is 11.5 Å². The molecule has 238 valence electrons. The fourth-order valence-corrected chi connectivity index (χ4v) is 2.91. The Morgan fingerprint density at radius 1 is 0.810 bits per heavy atom. The van der Waals surface area contributed by atoms with Gasteiger partial charge in [0.15, 0.2) is 11.5 Å². The summed E-state index contributed by atoms with van der Waals surface area (Å²) in [5, 5.41) is 0. The summed E-state index contributed by atoms with van der Waals surface area (Å²) in [6, 6.07) is 3.24. The zero-order valence-corrected chi connectivity index (χ0v) is 26.3. The second kappa shape index (κ2) is 16.8. The van der Waals surface area contributed by atoms with Crippen LogP contribution in [0.5, 0.6) is 11.5 Å². The molecule has 0 radical (unpaired) electrons. The lowest BCUT2D eigenvalue weighted by atomic mass is 10.1. The van der Waals surface area contributed by atoms with Crippen molar-refractivity contribution in [1.82, 2.24) is 0 Å². The second-order valence-corrected chi connectivity index (χ2v) is 11.6. The van der Waals surface area contributed by atoms with Gasteiger partial charge < -0.3 is 38.9 Å². The van der Waals surface area contributed by atoms with Crippen LogP contribution in [0.25, 0.3) is 0 Å². The summed E-state index contributed by atoms with van der Waals surface area (Å²) in [7, 11) is 0. The van der Waals surface area contributed by atoms with Gasteiger partial charge in [0.1, 0.15) is 30.0 Å². The van der Waals surface area contributed by atoms with E-state index in [1.165, 1.54) is 12.1 Å². The first-order valence-corrected chi connectivity index (χ1v) is 14.2. The predicted molar refractivity (Wildman–Crippen MR) is 153 cm³/mol. The largest absolute Gasteiger partial charge is 0.514 e. The fraction of sp³-hybridized carbons (Fsp3) is 0.667. The van der Waals surface area contributed by atoms with Gasteiger partial charge in [-0.3, -0.25) is 4.79 Å². The molecule has 0 heterocycles. The van der Waals surface area contributed by atoms with Gasteiger partial charge >= 0.3 is 24.4 Å². The summed E-state index contributed by atoms with van der Waals surface area (Å²) in [5.74, 6) is -0.588. The Bertz CT molecular complexity index is 1050. The van der Waals surface area contributed by atoms with Crippen molar-refractivity contribution in [1.29, 1.82) is 0 Å². The SMILES string of the molecule is CCC(C)(C)OC(=O)Oc1ccc(C[C@H](N)C(=O)OC[C@H](C)OC(=O)OCCC(C)C)cc1OC(=O)OC(C)(C)CC. The highest BCUT2D eigenvalue weighted by molar-refractivity contribution is 5.76. The molecule has 0 bridgehead atoms. The van der Waals surface area contributed by atoms with E-state index in [2.05, 4.69) is 0 Å². The highest BCUT2D eigenvalue weighted by Crippen LogP contribution is 2.31. The Morgan fingerprint density at radius 2 is 1.36 bits per heavy atom. The van der Waals surface area contributed by atoms with Gasteiger partial charge in [0.25, 0.3) is 0 Å². The predicted octanol–water partition coefficient (Wildman–Crippen LogP) is 6.10. The summed E-state index contributed by atoms with van der Waals surface area (Å²) in [6.45, 7) is 16.2. The van der Waals surface area contributed by atoms with E-state index in [1.54, 1.807) is 40.7 Å². The lowest BCUT2D eigenvalue weighted by molar-refractivity contribution is -0.148. The quantitative estimate of drug-likeness (QED) is 0.141. The third-order valence-electron chi connectivity index (χ3n) is 6.25. The number of carbonyl (C=O) groups is 4. The molecule has 0 aliphatic carbocycles. The molecule has 42 heavy (non-hydrogen) atoms. The second-order valence-electron chi connectivity index (χ2n) is 11.6. The van der Waals surface area contributed by atoms with Crippen LogP contribution in [-0.2, 0) is 34.9 Å². The van der Waals surface area contributed by atoms with Gasteiger partial charge in [0.05, 0.1) is 6.61 Å². The van der Waals surface area contributed by atoms with Crippen molar-refractivity contribution in [2.75, 3.05) is 13.2 Å². The molecule has 2 N–H and O–H groups in total. The van der Waals surface area contributed by atoms with Crippen LogP contribution in [0.15, 0.2) is 18.2 Å².